The molecule has 1 aliphatic rings. The zero-order chi connectivity index (χ0) is 31.2. The molecule has 0 aliphatic heterocycles. The fraction of sp³-hybridized carbons (Fsp3) is 0.632. The number of aromatic hydroxyl groups is 2. The highest BCUT2D eigenvalue weighted by Crippen LogP contribution is 2.36. The summed E-state index contributed by atoms with van der Waals surface area (Å²) in [5.41, 5.74) is 5.77. The molecular weight excluding hydrogens is 516 g/mol. The normalized spacial score (nSPS) is 18.7. The number of aliphatic imine (C=N–C) groups is 2. The lowest BCUT2D eigenvalue weighted by Gasteiger charge is -2.26. The number of aryl methyl sites for hydroxylation is 2. The van der Waals surface area contributed by atoms with Crippen molar-refractivity contribution < 1.29 is 10.2 Å². The van der Waals surface area contributed by atoms with E-state index in [0.29, 0.717) is 23.3 Å². The molecule has 1 aliphatic carbocycles. The number of phenols is 2. The van der Waals surface area contributed by atoms with Gasteiger partial charge in [0.1, 0.15) is 11.5 Å². The molecule has 2 unspecified atom stereocenters. The third-order valence-corrected chi connectivity index (χ3v) is 8.54. The van der Waals surface area contributed by atoms with E-state index in [-0.39, 0.29) is 22.9 Å². The van der Waals surface area contributed by atoms with E-state index in [9.17, 15) is 10.2 Å². The Bertz CT molecular complexity index is 1140. The first-order valence-corrected chi connectivity index (χ1v) is 16.3. The van der Waals surface area contributed by atoms with Crippen LogP contribution in [-0.2, 0) is 23.7 Å². The molecule has 3 rings (SSSR count). The van der Waals surface area contributed by atoms with Gasteiger partial charge in [-0.2, -0.15) is 0 Å². The SMILES string of the molecule is CC(C)CCc1cc(C=NC2CCCCC2N=Cc2cc(CCC(C)C)cc(C(C)(C)C)c2O)c(O)c(C(C)(C)C)c1. The Morgan fingerprint density at radius 2 is 1.02 bits per heavy atom. The van der Waals surface area contributed by atoms with Crippen molar-refractivity contribution in [2.75, 3.05) is 0 Å². The van der Waals surface area contributed by atoms with E-state index < -0.39 is 0 Å². The van der Waals surface area contributed by atoms with Gasteiger partial charge in [-0.05, 0) is 84.5 Å². The molecule has 0 amide bonds. The summed E-state index contributed by atoms with van der Waals surface area (Å²) in [6.07, 6.45) is 12.2. The minimum Gasteiger partial charge on any atom is -0.507 e. The van der Waals surface area contributed by atoms with E-state index in [4.69, 9.17) is 9.98 Å². The average Bonchev–Trinajstić information content (AvgIpc) is 2.89. The van der Waals surface area contributed by atoms with E-state index in [0.717, 1.165) is 73.6 Å². The van der Waals surface area contributed by atoms with Gasteiger partial charge in [-0.3, -0.25) is 9.98 Å². The van der Waals surface area contributed by atoms with Gasteiger partial charge in [0.05, 0.1) is 12.1 Å². The predicted octanol–water partition coefficient (Wildman–Crippen LogP) is 9.72. The molecule has 0 saturated heterocycles. The first-order valence-electron chi connectivity index (χ1n) is 16.3. The van der Waals surface area contributed by atoms with Crippen LogP contribution in [0.1, 0.15) is 141 Å². The molecule has 2 aromatic carbocycles. The smallest absolute Gasteiger partial charge is 0.128 e. The van der Waals surface area contributed by atoms with E-state index in [1.807, 2.05) is 12.4 Å². The lowest BCUT2D eigenvalue weighted by molar-refractivity contribution is 0.390. The van der Waals surface area contributed by atoms with Gasteiger partial charge >= 0.3 is 0 Å². The van der Waals surface area contributed by atoms with Crippen LogP contribution in [0.25, 0.3) is 0 Å². The summed E-state index contributed by atoms with van der Waals surface area (Å²) in [7, 11) is 0. The number of phenolic OH excluding ortho intramolecular Hbond substituents is 2. The van der Waals surface area contributed by atoms with E-state index in [1.54, 1.807) is 0 Å². The molecule has 1 saturated carbocycles. The van der Waals surface area contributed by atoms with Crippen molar-refractivity contribution in [3.63, 3.8) is 0 Å². The number of rotatable bonds is 10. The maximum Gasteiger partial charge on any atom is 0.128 e. The molecule has 232 valence electrons. The van der Waals surface area contributed by atoms with Gasteiger partial charge in [0.15, 0.2) is 0 Å². The topological polar surface area (TPSA) is 65.2 Å². The maximum absolute atomic E-state index is 11.3. The van der Waals surface area contributed by atoms with Crippen LogP contribution in [0.3, 0.4) is 0 Å². The largest absolute Gasteiger partial charge is 0.507 e. The van der Waals surface area contributed by atoms with Crippen LogP contribution in [-0.4, -0.2) is 34.7 Å². The molecule has 0 bridgehead atoms. The monoisotopic (exact) mass is 574 g/mol. The number of nitrogens with zero attached hydrogens (tertiary/aromatic N) is 2. The van der Waals surface area contributed by atoms with Crippen molar-refractivity contribution in [3.8, 4) is 11.5 Å². The molecular formula is C38H58N2O2. The van der Waals surface area contributed by atoms with Crippen molar-refractivity contribution in [1.82, 2.24) is 0 Å². The lowest BCUT2D eigenvalue weighted by atomic mass is 9.83. The average molecular weight is 575 g/mol. The highest BCUT2D eigenvalue weighted by atomic mass is 16.3. The maximum atomic E-state index is 11.3. The Balaban J connectivity index is 1.92. The Hall–Kier alpha value is -2.62. The van der Waals surface area contributed by atoms with Gasteiger partial charge < -0.3 is 10.2 Å². The highest BCUT2D eigenvalue weighted by Gasteiger charge is 2.26. The van der Waals surface area contributed by atoms with Crippen LogP contribution in [0.2, 0.25) is 0 Å². The van der Waals surface area contributed by atoms with Gasteiger partial charge in [0.25, 0.3) is 0 Å². The summed E-state index contributed by atoms with van der Waals surface area (Å²) in [5.74, 6) is 1.94. The van der Waals surface area contributed by atoms with Crippen molar-refractivity contribution in [2.24, 2.45) is 21.8 Å². The second-order valence-corrected chi connectivity index (χ2v) is 15.5. The summed E-state index contributed by atoms with van der Waals surface area (Å²) in [4.78, 5) is 10.1. The molecule has 2 atom stereocenters. The molecule has 2 aromatic rings. The van der Waals surface area contributed by atoms with E-state index in [1.165, 1.54) is 11.1 Å². The third kappa shape index (κ3) is 9.44. The van der Waals surface area contributed by atoms with Crippen molar-refractivity contribution in [3.05, 3.63) is 57.6 Å². The van der Waals surface area contributed by atoms with E-state index >= 15 is 0 Å². The van der Waals surface area contributed by atoms with Crippen LogP contribution in [0.15, 0.2) is 34.3 Å². The number of hydrogen-bond donors (Lipinski definition) is 2. The van der Waals surface area contributed by atoms with Gasteiger partial charge in [0.2, 0.25) is 0 Å². The zero-order valence-corrected chi connectivity index (χ0v) is 28.2. The second kappa shape index (κ2) is 14.2. The quantitative estimate of drug-likeness (QED) is 0.277. The molecule has 42 heavy (non-hydrogen) atoms. The van der Waals surface area contributed by atoms with Crippen LogP contribution in [0, 0.1) is 11.8 Å². The fourth-order valence-electron chi connectivity index (χ4n) is 5.77. The van der Waals surface area contributed by atoms with Crippen LogP contribution in [0.5, 0.6) is 11.5 Å². The van der Waals surface area contributed by atoms with Gasteiger partial charge in [-0.15, -0.1) is 0 Å². The van der Waals surface area contributed by atoms with E-state index in [2.05, 4.69) is 93.5 Å². The van der Waals surface area contributed by atoms with Gasteiger partial charge in [-0.1, -0.05) is 94.2 Å². The first-order chi connectivity index (χ1) is 19.6. The Morgan fingerprint density at radius 1 is 0.667 bits per heavy atom. The summed E-state index contributed by atoms with van der Waals surface area (Å²) >= 11 is 0. The second-order valence-electron chi connectivity index (χ2n) is 15.5. The summed E-state index contributed by atoms with van der Waals surface area (Å²) in [6, 6.07) is 8.70. The highest BCUT2D eigenvalue weighted by molar-refractivity contribution is 5.86. The third-order valence-electron chi connectivity index (χ3n) is 8.54. The molecule has 4 nitrogen and oxygen atoms in total. The standard InChI is InChI=1S/C38H58N2O2/c1-25(2)15-17-27-19-29(35(41)31(21-27)37(5,6)7)23-39-33-13-11-12-14-34(33)40-24-30-20-28(18-16-26(3)4)22-32(36(30)42)38(8,9)10/h19-26,33-34,41-42H,11-18H2,1-10H3. The molecule has 1 fully saturated rings. The predicted molar refractivity (Wildman–Crippen MR) is 181 cm³/mol. The van der Waals surface area contributed by atoms with Crippen molar-refractivity contribution in [2.45, 2.75) is 144 Å². The summed E-state index contributed by atoms with van der Waals surface area (Å²) in [6.45, 7) is 21.9. The molecule has 0 aromatic heterocycles. The minimum absolute atomic E-state index is 0.0557. The first kappa shape index (κ1) is 33.9. The Kier molecular flexibility index (Phi) is 11.5. The van der Waals surface area contributed by atoms with Crippen molar-refractivity contribution in [1.29, 1.82) is 0 Å². The van der Waals surface area contributed by atoms with Crippen LogP contribution >= 0.6 is 0 Å². The van der Waals surface area contributed by atoms with Crippen molar-refractivity contribution >= 4 is 12.4 Å². The van der Waals surface area contributed by atoms with Gasteiger partial charge in [0, 0.05) is 34.7 Å². The Morgan fingerprint density at radius 3 is 1.33 bits per heavy atom. The molecule has 0 heterocycles. The number of benzene rings is 2. The summed E-state index contributed by atoms with van der Waals surface area (Å²) < 4.78 is 0. The molecule has 0 radical (unpaired) electrons. The van der Waals surface area contributed by atoms with Crippen LogP contribution < -0.4 is 0 Å². The Labute approximate surface area is 256 Å². The molecule has 0 spiro atoms. The fourth-order valence-corrected chi connectivity index (χ4v) is 5.77. The molecule has 2 N–H and O–H groups in total. The lowest BCUT2D eigenvalue weighted by Crippen LogP contribution is -2.27. The number of hydrogen-bond acceptors (Lipinski definition) is 4. The van der Waals surface area contributed by atoms with Gasteiger partial charge in [-0.25, -0.2) is 0 Å². The minimum atomic E-state index is -0.157. The summed E-state index contributed by atoms with van der Waals surface area (Å²) in [5, 5.41) is 22.5. The molecule has 4 heteroatoms. The van der Waals surface area contributed by atoms with Crippen LogP contribution in [0.4, 0.5) is 0 Å². The zero-order valence-electron chi connectivity index (χ0n) is 28.2.